The largest absolute Gasteiger partial charge is 0.372 e. The Kier molecular flexibility index (Phi) is 8.11. The van der Waals surface area contributed by atoms with E-state index < -0.39 is 15.9 Å². The number of ether oxygens (including phenoxy) is 1. The minimum absolute atomic E-state index is 0.0780. The van der Waals surface area contributed by atoms with E-state index in [2.05, 4.69) is 5.32 Å². The van der Waals surface area contributed by atoms with Gasteiger partial charge >= 0.3 is 0 Å². The Morgan fingerprint density at radius 2 is 1.41 bits per heavy atom. The van der Waals surface area contributed by atoms with Crippen molar-refractivity contribution in [3.63, 3.8) is 0 Å². The molecule has 0 spiro atoms. The second kappa shape index (κ2) is 11.4. The summed E-state index contributed by atoms with van der Waals surface area (Å²) in [7, 11) is -3.03. The summed E-state index contributed by atoms with van der Waals surface area (Å²) in [6.45, 7) is 2.13. The second-order valence-corrected chi connectivity index (χ2v) is 10.8. The van der Waals surface area contributed by atoms with Crippen molar-refractivity contribution in [2.75, 3.05) is 24.6 Å². The van der Waals surface area contributed by atoms with Gasteiger partial charge in [0.2, 0.25) is 5.91 Å². The van der Waals surface area contributed by atoms with Crippen molar-refractivity contribution in [2.24, 2.45) is 0 Å². The quantitative estimate of drug-likeness (QED) is 0.510. The predicted molar refractivity (Wildman–Crippen MR) is 133 cm³/mol. The van der Waals surface area contributed by atoms with Crippen LogP contribution in [0, 0.1) is 0 Å². The van der Waals surface area contributed by atoms with E-state index in [0.717, 1.165) is 22.3 Å². The third-order valence-electron chi connectivity index (χ3n) is 5.95. The molecule has 1 N–H and O–H groups in total. The number of carbonyl (C=O) groups excluding carboxylic acids is 1. The minimum Gasteiger partial charge on any atom is -0.372 e. The summed E-state index contributed by atoms with van der Waals surface area (Å²) in [6.07, 6.45) is 0. The minimum atomic E-state index is -3.03. The Balaban J connectivity index is 1.37. The number of benzene rings is 3. The van der Waals surface area contributed by atoms with Gasteiger partial charge in [-0.05, 0) is 22.3 Å². The molecule has 7 heteroatoms. The first-order valence-corrected chi connectivity index (χ1v) is 13.3. The number of nitrogens with zero attached hydrogens (tertiary/aromatic N) is 1. The van der Waals surface area contributed by atoms with Crippen molar-refractivity contribution in [3.05, 3.63) is 107 Å². The Morgan fingerprint density at radius 3 is 2.12 bits per heavy atom. The first kappa shape index (κ1) is 24.1. The molecular weight excluding hydrogens is 448 g/mol. The fraction of sp³-hybridized carbons (Fsp3) is 0.296. The molecule has 1 fully saturated rings. The first-order valence-electron chi connectivity index (χ1n) is 11.5. The summed E-state index contributed by atoms with van der Waals surface area (Å²) < 4.78 is 29.6. The Labute approximate surface area is 201 Å². The van der Waals surface area contributed by atoms with Crippen LogP contribution in [0.4, 0.5) is 0 Å². The highest BCUT2D eigenvalue weighted by Gasteiger charge is 2.32. The lowest BCUT2D eigenvalue weighted by atomic mass is 10.0. The highest BCUT2D eigenvalue weighted by molar-refractivity contribution is 7.91. The third kappa shape index (κ3) is 6.76. The fourth-order valence-electron chi connectivity index (χ4n) is 4.12. The number of rotatable bonds is 9. The summed E-state index contributed by atoms with van der Waals surface area (Å²) in [5, 5.41) is 3.05. The molecule has 1 atom stereocenters. The molecule has 34 heavy (non-hydrogen) atoms. The molecule has 0 radical (unpaired) electrons. The number of nitrogens with one attached hydrogen (secondary N) is 1. The van der Waals surface area contributed by atoms with Crippen LogP contribution in [-0.4, -0.2) is 43.8 Å². The molecule has 1 unspecified atom stereocenters. The van der Waals surface area contributed by atoms with Gasteiger partial charge in [0.25, 0.3) is 0 Å². The highest BCUT2D eigenvalue weighted by atomic mass is 32.2. The van der Waals surface area contributed by atoms with Crippen molar-refractivity contribution < 1.29 is 17.9 Å². The molecule has 4 rings (SSSR count). The van der Waals surface area contributed by atoms with E-state index in [1.807, 2.05) is 89.8 Å². The third-order valence-corrected chi connectivity index (χ3v) is 7.56. The van der Waals surface area contributed by atoms with Crippen molar-refractivity contribution in [3.8, 4) is 0 Å². The highest BCUT2D eigenvalue weighted by Crippen LogP contribution is 2.23. The van der Waals surface area contributed by atoms with E-state index in [0.29, 0.717) is 32.8 Å². The number of hydrogen-bond acceptors (Lipinski definition) is 5. The normalized spacial score (nSPS) is 16.6. The van der Waals surface area contributed by atoms with E-state index in [1.165, 1.54) is 0 Å². The molecule has 1 saturated heterocycles. The molecule has 1 aliphatic rings. The molecule has 3 aromatic rings. The summed E-state index contributed by atoms with van der Waals surface area (Å²) in [4.78, 5) is 15.2. The van der Waals surface area contributed by atoms with Crippen LogP contribution < -0.4 is 5.32 Å². The topological polar surface area (TPSA) is 75.7 Å². The summed E-state index contributed by atoms with van der Waals surface area (Å²) in [6, 6.07) is 27.0. The Bertz CT molecular complexity index is 1170. The number of hydrogen-bond donors (Lipinski definition) is 1. The van der Waals surface area contributed by atoms with E-state index >= 15 is 0 Å². The Hall–Kier alpha value is -3.00. The molecule has 1 heterocycles. The smallest absolute Gasteiger partial charge is 0.242 e. The van der Waals surface area contributed by atoms with Crippen LogP contribution in [0.15, 0.2) is 84.9 Å². The molecule has 0 aliphatic carbocycles. The van der Waals surface area contributed by atoms with Gasteiger partial charge in [0, 0.05) is 19.6 Å². The van der Waals surface area contributed by atoms with E-state index in [4.69, 9.17) is 4.74 Å². The molecule has 0 aromatic heterocycles. The number of amides is 1. The molecule has 3 aromatic carbocycles. The average molecular weight is 479 g/mol. The van der Waals surface area contributed by atoms with Crippen LogP contribution in [0.5, 0.6) is 0 Å². The van der Waals surface area contributed by atoms with Gasteiger partial charge in [-0.1, -0.05) is 84.9 Å². The molecule has 0 bridgehead atoms. The predicted octanol–water partition coefficient (Wildman–Crippen LogP) is 3.49. The molecule has 1 amide bonds. The van der Waals surface area contributed by atoms with E-state index in [-0.39, 0.29) is 17.4 Å². The van der Waals surface area contributed by atoms with Gasteiger partial charge in [-0.25, -0.2) is 8.42 Å². The van der Waals surface area contributed by atoms with Crippen LogP contribution in [0.2, 0.25) is 0 Å². The van der Waals surface area contributed by atoms with Crippen molar-refractivity contribution in [1.29, 1.82) is 0 Å². The van der Waals surface area contributed by atoms with Gasteiger partial charge < -0.3 is 10.1 Å². The van der Waals surface area contributed by atoms with Crippen molar-refractivity contribution >= 4 is 15.7 Å². The van der Waals surface area contributed by atoms with Gasteiger partial charge in [0.15, 0.2) is 9.84 Å². The molecular formula is C27H30N2O4S. The zero-order valence-electron chi connectivity index (χ0n) is 19.1. The zero-order chi connectivity index (χ0) is 23.8. The standard InChI is InChI=1S/C27H30N2O4S/c30-27(26(25-12-5-2-6-13-25)29-14-16-34(31,32)17-15-29)28-19-23-10-7-11-24(18-23)21-33-20-22-8-3-1-4-9-22/h1-13,18,26H,14-17,19-21H2,(H,28,30). The van der Waals surface area contributed by atoms with Crippen LogP contribution >= 0.6 is 0 Å². The van der Waals surface area contributed by atoms with Gasteiger partial charge in [0.1, 0.15) is 6.04 Å². The van der Waals surface area contributed by atoms with Crippen molar-refractivity contribution in [1.82, 2.24) is 10.2 Å². The van der Waals surface area contributed by atoms with Gasteiger partial charge in [0.05, 0.1) is 24.7 Å². The summed E-state index contributed by atoms with van der Waals surface area (Å²) in [5.74, 6) is 0.0275. The summed E-state index contributed by atoms with van der Waals surface area (Å²) >= 11 is 0. The van der Waals surface area contributed by atoms with Crippen LogP contribution in [-0.2, 0) is 39.1 Å². The van der Waals surface area contributed by atoms with E-state index in [1.54, 1.807) is 0 Å². The van der Waals surface area contributed by atoms with Crippen LogP contribution in [0.25, 0.3) is 0 Å². The monoisotopic (exact) mass is 478 g/mol. The number of carbonyl (C=O) groups is 1. The summed E-state index contributed by atoms with van der Waals surface area (Å²) in [5.41, 5.74) is 4.02. The maximum Gasteiger partial charge on any atom is 0.242 e. The average Bonchev–Trinajstić information content (AvgIpc) is 2.86. The van der Waals surface area contributed by atoms with Crippen molar-refractivity contribution in [2.45, 2.75) is 25.8 Å². The van der Waals surface area contributed by atoms with Crippen LogP contribution in [0.3, 0.4) is 0 Å². The maximum absolute atomic E-state index is 13.3. The number of sulfone groups is 1. The maximum atomic E-state index is 13.3. The SMILES string of the molecule is O=C(NCc1cccc(COCc2ccccc2)c1)C(c1ccccc1)N1CCS(=O)(=O)CC1. The molecule has 0 saturated carbocycles. The lowest BCUT2D eigenvalue weighted by Crippen LogP contribution is -2.47. The molecule has 178 valence electrons. The Morgan fingerprint density at radius 1 is 0.824 bits per heavy atom. The van der Waals surface area contributed by atoms with Gasteiger partial charge in [-0.2, -0.15) is 0 Å². The molecule has 1 aliphatic heterocycles. The van der Waals surface area contributed by atoms with E-state index in [9.17, 15) is 13.2 Å². The fourth-order valence-corrected chi connectivity index (χ4v) is 5.35. The second-order valence-electron chi connectivity index (χ2n) is 8.52. The van der Waals surface area contributed by atoms with Gasteiger partial charge in [-0.15, -0.1) is 0 Å². The lowest BCUT2D eigenvalue weighted by molar-refractivity contribution is -0.126. The lowest BCUT2D eigenvalue weighted by Gasteiger charge is -2.33. The van der Waals surface area contributed by atoms with Gasteiger partial charge in [-0.3, -0.25) is 9.69 Å². The zero-order valence-corrected chi connectivity index (χ0v) is 19.9. The first-order chi connectivity index (χ1) is 16.5. The van der Waals surface area contributed by atoms with Crippen LogP contribution in [0.1, 0.15) is 28.3 Å². The molecule has 6 nitrogen and oxygen atoms in total.